The Kier molecular flexibility index (Phi) is 4.28. The molecule has 0 atom stereocenters. The van der Waals surface area contributed by atoms with E-state index < -0.39 is 15.8 Å². The summed E-state index contributed by atoms with van der Waals surface area (Å²) in [5.74, 6) is -0.649. The average molecular weight is 382 g/mol. The lowest BCUT2D eigenvalue weighted by Crippen LogP contribution is -2.24. The molecule has 0 fully saturated rings. The monoisotopic (exact) mass is 381 g/mol. The van der Waals surface area contributed by atoms with Crippen molar-refractivity contribution in [3.8, 4) is 0 Å². The quantitative estimate of drug-likeness (QED) is 0.695. The molecule has 4 N–H and O–H groups in total. The smallest absolute Gasteiger partial charge is 0.304 e. The number of benzene rings is 1. The van der Waals surface area contributed by atoms with Gasteiger partial charge >= 0.3 is 4.87 Å². The van der Waals surface area contributed by atoms with E-state index in [0.717, 1.165) is 23.5 Å². The molecule has 0 saturated heterocycles. The third kappa shape index (κ3) is 3.26. The Morgan fingerprint density at radius 1 is 1.45 bits per heavy atom. The van der Waals surface area contributed by atoms with Crippen LogP contribution in [-0.2, 0) is 16.6 Å². The molecule has 2 aromatic rings. The van der Waals surface area contributed by atoms with Crippen LogP contribution in [-0.4, -0.2) is 13.4 Å². The number of anilines is 1. The molecule has 0 bridgehead atoms. The highest BCUT2D eigenvalue weighted by atomic mass is 79.9. The number of aromatic nitrogens is 1. The lowest BCUT2D eigenvalue weighted by atomic mass is 10.3. The van der Waals surface area contributed by atoms with Gasteiger partial charge in [-0.2, -0.15) is 0 Å². The standard InChI is InChI=1S/C10H9BrFN3O3S2/c11-6-1-9(8(13)2-7(6)12)20(17,18)14-3-5-4-19-10(16)15-5/h1-2,4,14H,3,13H2,(H,15,16). The normalized spacial score (nSPS) is 11.7. The zero-order chi connectivity index (χ0) is 14.9. The van der Waals surface area contributed by atoms with Crippen molar-refractivity contribution in [3.05, 3.63) is 43.2 Å². The largest absolute Gasteiger partial charge is 0.398 e. The zero-order valence-corrected chi connectivity index (χ0v) is 13.0. The highest BCUT2D eigenvalue weighted by Crippen LogP contribution is 2.26. The summed E-state index contributed by atoms with van der Waals surface area (Å²) in [5.41, 5.74) is 5.75. The predicted octanol–water partition coefficient (Wildman–Crippen LogP) is 1.40. The number of hydrogen-bond acceptors (Lipinski definition) is 5. The molecule has 0 aliphatic rings. The van der Waals surface area contributed by atoms with Crippen molar-refractivity contribution in [2.75, 3.05) is 5.73 Å². The Bertz CT molecular complexity index is 800. The average Bonchev–Trinajstić information content (AvgIpc) is 2.77. The van der Waals surface area contributed by atoms with Crippen molar-refractivity contribution < 1.29 is 12.8 Å². The van der Waals surface area contributed by atoms with Gasteiger partial charge in [-0.05, 0) is 28.1 Å². The maximum absolute atomic E-state index is 13.2. The van der Waals surface area contributed by atoms with E-state index in [-0.39, 0.29) is 26.5 Å². The maximum Gasteiger partial charge on any atom is 0.304 e. The van der Waals surface area contributed by atoms with Gasteiger partial charge in [0.05, 0.1) is 16.7 Å². The van der Waals surface area contributed by atoms with Gasteiger partial charge in [0.2, 0.25) is 10.0 Å². The van der Waals surface area contributed by atoms with Gasteiger partial charge in [-0.25, -0.2) is 17.5 Å². The van der Waals surface area contributed by atoms with E-state index in [2.05, 4.69) is 25.6 Å². The van der Waals surface area contributed by atoms with Crippen LogP contribution in [0, 0.1) is 5.82 Å². The van der Waals surface area contributed by atoms with E-state index in [1.165, 1.54) is 5.38 Å². The minimum absolute atomic E-state index is 0.00369. The first-order valence-electron chi connectivity index (χ1n) is 5.20. The van der Waals surface area contributed by atoms with E-state index >= 15 is 0 Å². The first kappa shape index (κ1) is 15.2. The van der Waals surface area contributed by atoms with Gasteiger partial charge < -0.3 is 10.7 Å². The Hall–Kier alpha value is -1.23. The second-order valence-corrected chi connectivity index (χ2v) is 7.23. The number of hydrogen-bond donors (Lipinski definition) is 3. The van der Waals surface area contributed by atoms with Crippen molar-refractivity contribution in [1.82, 2.24) is 9.71 Å². The fraction of sp³-hybridized carbons (Fsp3) is 0.100. The van der Waals surface area contributed by atoms with Crippen LogP contribution in [0.4, 0.5) is 10.1 Å². The lowest BCUT2D eigenvalue weighted by molar-refractivity contribution is 0.580. The number of rotatable bonds is 4. The molecule has 0 radical (unpaired) electrons. The summed E-state index contributed by atoms with van der Waals surface area (Å²) in [5, 5.41) is 1.51. The summed E-state index contributed by atoms with van der Waals surface area (Å²) in [6, 6.07) is 2.01. The molecule has 20 heavy (non-hydrogen) atoms. The molecule has 10 heteroatoms. The minimum atomic E-state index is -3.91. The van der Waals surface area contributed by atoms with Crippen LogP contribution in [0.2, 0.25) is 0 Å². The highest BCUT2D eigenvalue weighted by molar-refractivity contribution is 9.10. The van der Waals surface area contributed by atoms with Crippen LogP contribution in [0.15, 0.2) is 31.7 Å². The second-order valence-electron chi connectivity index (χ2n) is 3.80. The van der Waals surface area contributed by atoms with Crippen LogP contribution >= 0.6 is 27.3 Å². The Morgan fingerprint density at radius 3 is 2.75 bits per heavy atom. The third-order valence-electron chi connectivity index (χ3n) is 2.37. The molecule has 6 nitrogen and oxygen atoms in total. The fourth-order valence-electron chi connectivity index (χ4n) is 1.43. The van der Waals surface area contributed by atoms with E-state index in [0.29, 0.717) is 5.69 Å². The van der Waals surface area contributed by atoms with Crippen LogP contribution in [0.1, 0.15) is 5.69 Å². The third-order valence-corrected chi connectivity index (χ3v) is 5.15. The number of thiazole rings is 1. The zero-order valence-electron chi connectivity index (χ0n) is 9.81. The second kappa shape index (κ2) is 5.64. The summed E-state index contributed by atoms with van der Waals surface area (Å²) in [6.07, 6.45) is 0. The van der Waals surface area contributed by atoms with Crippen molar-refractivity contribution in [2.45, 2.75) is 11.4 Å². The van der Waals surface area contributed by atoms with E-state index in [4.69, 9.17) is 5.73 Å². The summed E-state index contributed by atoms with van der Waals surface area (Å²) in [4.78, 5) is 12.9. The molecule has 1 aromatic heterocycles. The van der Waals surface area contributed by atoms with Gasteiger partial charge in [0.25, 0.3) is 0 Å². The number of aromatic amines is 1. The summed E-state index contributed by atoms with van der Waals surface area (Å²) < 4.78 is 39.6. The molecule has 0 aliphatic carbocycles. The van der Waals surface area contributed by atoms with Crippen molar-refractivity contribution in [2.24, 2.45) is 0 Å². The van der Waals surface area contributed by atoms with Gasteiger partial charge in [-0.1, -0.05) is 11.3 Å². The molecule has 0 amide bonds. The number of nitrogens with two attached hydrogens (primary N) is 1. The number of H-pyrrole nitrogens is 1. The summed E-state index contributed by atoms with van der Waals surface area (Å²) in [7, 11) is -3.91. The van der Waals surface area contributed by atoms with Gasteiger partial charge in [-0.15, -0.1) is 0 Å². The minimum Gasteiger partial charge on any atom is -0.398 e. The number of halogens is 2. The SMILES string of the molecule is Nc1cc(F)c(Br)cc1S(=O)(=O)NCc1csc(=O)[nH]1. The topological polar surface area (TPSA) is 105 Å². The molecule has 1 aromatic carbocycles. The molecular formula is C10H9BrFN3O3S2. The Labute approximate surface area is 126 Å². The number of nitrogens with one attached hydrogen (secondary N) is 2. The summed E-state index contributed by atoms with van der Waals surface area (Å²) >= 11 is 3.83. The molecular weight excluding hydrogens is 373 g/mol. The molecule has 2 rings (SSSR count). The Balaban J connectivity index is 2.26. The van der Waals surface area contributed by atoms with E-state index in [1.807, 2.05) is 0 Å². The van der Waals surface area contributed by atoms with Crippen molar-refractivity contribution in [1.29, 1.82) is 0 Å². The van der Waals surface area contributed by atoms with Gasteiger partial charge in [0.1, 0.15) is 10.7 Å². The predicted molar refractivity (Wildman–Crippen MR) is 77.5 cm³/mol. The first-order chi connectivity index (χ1) is 9.29. The molecule has 0 aliphatic heterocycles. The van der Waals surface area contributed by atoms with Crippen molar-refractivity contribution >= 4 is 43.0 Å². The van der Waals surface area contributed by atoms with Gasteiger partial charge in [0, 0.05) is 11.1 Å². The van der Waals surface area contributed by atoms with Gasteiger partial charge in [0.15, 0.2) is 0 Å². The van der Waals surface area contributed by atoms with E-state index in [9.17, 15) is 17.6 Å². The van der Waals surface area contributed by atoms with Crippen LogP contribution in [0.5, 0.6) is 0 Å². The Morgan fingerprint density at radius 2 is 2.15 bits per heavy atom. The lowest BCUT2D eigenvalue weighted by Gasteiger charge is -2.09. The molecule has 0 spiro atoms. The fourth-order valence-corrected chi connectivity index (χ4v) is 3.65. The van der Waals surface area contributed by atoms with E-state index in [1.54, 1.807) is 0 Å². The maximum atomic E-state index is 13.2. The van der Waals surface area contributed by atoms with Crippen molar-refractivity contribution in [3.63, 3.8) is 0 Å². The van der Waals surface area contributed by atoms with Crippen LogP contribution < -0.4 is 15.3 Å². The summed E-state index contributed by atoms with van der Waals surface area (Å²) in [6.45, 7) is -0.0878. The number of sulfonamides is 1. The first-order valence-corrected chi connectivity index (χ1v) is 8.36. The molecule has 0 saturated carbocycles. The van der Waals surface area contributed by atoms with Crippen LogP contribution in [0.3, 0.4) is 0 Å². The van der Waals surface area contributed by atoms with Crippen LogP contribution in [0.25, 0.3) is 0 Å². The molecule has 108 valence electrons. The molecule has 0 unspecified atom stereocenters. The van der Waals surface area contributed by atoms with Gasteiger partial charge in [-0.3, -0.25) is 4.79 Å². The number of nitrogen functional groups attached to an aromatic ring is 1. The molecule has 1 heterocycles. The highest BCUT2D eigenvalue weighted by Gasteiger charge is 2.19.